The molecule has 0 radical (unpaired) electrons. The molecular formula is C10H9NO. The number of aliphatic hydroxyl groups excluding tert-OH is 1. The lowest BCUT2D eigenvalue weighted by Gasteiger charge is -2.10. The van der Waals surface area contributed by atoms with Crippen LogP contribution >= 0.6 is 0 Å². The van der Waals surface area contributed by atoms with Gasteiger partial charge in [0.05, 0.1) is 5.76 Å². The van der Waals surface area contributed by atoms with Gasteiger partial charge in [0.1, 0.15) is 0 Å². The third kappa shape index (κ3) is 1.23. The third-order valence-corrected chi connectivity index (χ3v) is 1.90. The first-order valence-electron chi connectivity index (χ1n) is 3.85. The van der Waals surface area contributed by atoms with E-state index in [2.05, 4.69) is 4.99 Å². The fourth-order valence-corrected chi connectivity index (χ4v) is 1.27. The van der Waals surface area contributed by atoms with Crippen LogP contribution in [-0.4, -0.2) is 11.3 Å². The van der Waals surface area contributed by atoms with E-state index in [9.17, 15) is 5.11 Å². The second-order valence-electron chi connectivity index (χ2n) is 2.76. The average molecular weight is 159 g/mol. The molecule has 1 heterocycles. The van der Waals surface area contributed by atoms with Crippen molar-refractivity contribution in [1.82, 2.24) is 0 Å². The molecule has 2 rings (SSSR count). The minimum absolute atomic E-state index is 0.411. The zero-order valence-electron chi connectivity index (χ0n) is 6.57. The van der Waals surface area contributed by atoms with Crippen LogP contribution in [0.5, 0.6) is 0 Å². The Kier molecular flexibility index (Phi) is 1.67. The van der Waals surface area contributed by atoms with Crippen LogP contribution < -0.4 is 0 Å². The maximum Gasteiger partial charge on any atom is 0.0966 e. The Morgan fingerprint density at radius 3 is 3.08 bits per heavy atom. The monoisotopic (exact) mass is 159 g/mol. The lowest BCUT2D eigenvalue weighted by atomic mass is 9.97. The number of allylic oxidation sites excluding steroid dienone is 6. The second kappa shape index (κ2) is 2.81. The van der Waals surface area contributed by atoms with Gasteiger partial charge in [-0.25, -0.2) is 0 Å². The van der Waals surface area contributed by atoms with Crippen LogP contribution in [0, 0.1) is 0 Å². The third-order valence-electron chi connectivity index (χ3n) is 1.90. The number of hydrogen-bond acceptors (Lipinski definition) is 2. The minimum Gasteiger partial charge on any atom is -0.512 e. The van der Waals surface area contributed by atoms with Gasteiger partial charge in [-0.05, 0) is 29.4 Å². The molecule has 1 N–H and O–H groups in total. The topological polar surface area (TPSA) is 32.6 Å². The van der Waals surface area contributed by atoms with E-state index in [-0.39, 0.29) is 0 Å². The number of rotatable bonds is 0. The number of aliphatic hydroxyl groups is 1. The number of aliphatic imine (C=N–C) groups is 1. The van der Waals surface area contributed by atoms with Crippen LogP contribution in [0.15, 0.2) is 52.4 Å². The van der Waals surface area contributed by atoms with Gasteiger partial charge in [0.2, 0.25) is 0 Å². The van der Waals surface area contributed by atoms with E-state index in [1.165, 1.54) is 0 Å². The second-order valence-corrected chi connectivity index (χ2v) is 2.76. The van der Waals surface area contributed by atoms with Crippen molar-refractivity contribution < 1.29 is 5.11 Å². The van der Waals surface area contributed by atoms with Gasteiger partial charge >= 0.3 is 0 Å². The smallest absolute Gasteiger partial charge is 0.0966 e. The molecule has 0 saturated carbocycles. The molecule has 2 heteroatoms. The molecule has 0 aromatic heterocycles. The van der Waals surface area contributed by atoms with Gasteiger partial charge in [-0.1, -0.05) is 6.08 Å². The summed E-state index contributed by atoms with van der Waals surface area (Å²) in [5.41, 5.74) is 2.25. The molecule has 2 aliphatic rings. The van der Waals surface area contributed by atoms with Gasteiger partial charge in [0.15, 0.2) is 0 Å². The quantitative estimate of drug-likeness (QED) is 0.577. The highest BCUT2D eigenvalue weighted by molar-refractivity contribution is 5.76. The van der Waals surface area contributed by atoms with Gasteiger partial charge in [0, 0.05) is 18.8 Å². The molecule has 0 unspecified atom stereocenters. The molecule has 0 aromatic rings. The first kappa shape index (κ1) is 7.10. The van der Waals surface area contributed by atoms with Crippen molar-refractivity contribution in [3.63, 3.8) is 0 Å². The summed E-state index contributed by atoms with van der Waals surface area (Å²) in [4.78, 5) is 3.99. The van der Waals surface area contributed by atoms with Gasteiger partial charge in [-0.3, -0.25) is 4.99 Å². The van der Waals surface area contributed by atoms with Crippen LogP contribution in [0.25, 0.3) is 0 Å². The van der Waals surface area contributed by atoms with E-state index < -0.39 is 0 Å². The largest absolute Gasteiger partial charge is 0.512 e. The molecule has 2 nitrogen and oxygen atoms in total. The summed E-state index contributed by atoms with van der Waals surface area (Å²) >= 11 is 0. The molecule has 60 valence electrons. The molecule has 0 fully saturated rings. The lowest BCUT2D eigenvalue weighted by Crippen LogP contribution is -1.95. The van der Waals surface area contributed by atoms with Crippen LogP contribution in [-0.2, 0) is 0 Å². The lowest BCUT2D eigenvalue weighted by molar-refractivity contribution is 0.397. The van der Waals surface area contributed by atoms with Crippen LogP contribution in [0.2, 0.25) is 0 Å². The maximum absolute atomic E-state index is 9.25. The molecule has 0 bridgehead atoms. The standard InChI is InChI=1S/C10H9NO/c12-10-2-1-8-3-5-11-6-4-9(8)7-10/h1-6,12H,7H2. The molecule has 0 spiro atoms. The Morgan fingerprint density at radius 1 is 1.25 bits per heavy atom. The van der Waals surface area contributed by atoms with E-state index in [0.29, 0.717) is 12.2 Å². The van der Waals surface area contributed by atoms with Gasteiger partial charge < -0.3 is 5.11 Å². The molecule has 12 heavy (non-hydrogen) atoms. The van der Waals surface area contributed by atoms with E-state index >= 15 is 0 Å². The zero-order chi connectivity index (χ0) is 8.39. The highest BCUT2D eigenvalue weighted by Gasteiger charge is 2.09. The summed E-state index contributed by atoms with van der Waals surface area (Å²) in [7, 11) is 0. The van der Waals surface area contributed by atoms with Gasteiger partial charge in [0.25, 0.3) is 0 Å². The summed E-state index contributed by atoms with van der Waals surface area (Å²) in [6.07, 6.45) is 11.6. The Bertz CT molecular complexity index is 343. The summed E-state index contributed by atoms with van der Waals surface area (Å²) in [5.74, 6) is 0.411. The fraction of sp³-hybridized carbons (Fsp3) is 0.100. The van der Waals surface area contributed by atoms with E-state index in [1.54, 1.807) is 18.5 Å². The molecular weight excluding hydrogens is 150 g/mol. The van der Waals surface area contributed by atoms with Crippen LogP contribution in [0.1, 0.15) is 6.42 Å². The summed E-state index contributed by atoms with van der Waals surface area (Å²) in [6.45, 7) is 0. The number of nitrogens with zero attached hydrogens (tertiary/aromatic N) is 1. The molecule has 0 atom stereocenters. The normalized spacial score (nSPS) is 20.5. The Balaban J connectivity index is 2.43. The first-order chi connectivity index (χ1) is 5.86. The van der Waals surface area contributed by atoms with Crippen molar-refractivity contribution in [3.05, 3.63) is 47.4 Å². The van der Waals surface area contributed by atoms with Crippen LogP contribution in [0.3, 0.4) is 0 Å². The Labute approximate surface area is 70.9 Å². The van der Waals surface area contributed by atoms with E-state index in [0.717, 1.165) is 11.1 Å². The number of fused-ring (bicyclic) bond motifs is 1. The van der Waals surface area contributed by atoms with Gasteiger partial charge in [-0.2, -0.15) is 0 Å². The summed E-state index contributed by atoms with van der Waals surface area (Å²) < 4.78 is 0. The van der Waals surface area contributed by atoms with E-state index in [1.807, 2.05) is 18.2 Å². The Hall–Kier alpha value is -1.57. The Morgan fingerprint density at radius 2 is 2.17 bits per heavy atom. The van der Waals surface area contributed by atoms with Gasteiger partial charge in [-0.15, -0.1) is 0 Å². The average Bonchev–Trinajstić information content (AvgIpc) is 2.28. The molecule has 1 aliphatic heterocycles. The highest BCUT2D eigenvalue weighted by Crippen LogP contribution is 2.24. The van der Waals surface area contributed by atoms with Crippen molar-refractivity contribution in [3.8, 4) is 0 Å². The van der Waals surface area contributed by atoms with Crippen molar-refractivity contribution in [2.75, 3.05) is 0 Å². The SMILES string of the molecule is OC1=CC=C2C=CN=CC=C2C1. The molecule has 0 saturated heterocycles. The summed E-state index contributed by atoms with van der Waals surface area (Å²) in [5, 5.41) is 9.25. The van der Waals surface area contributed by atoms with Crippen molar-refractivity contribution in [1.29, 1.82) is 0 Å². The summed E-state index contributed by atoms with van der Waals surface area (Å²) in [6, 6.07) is 0. The zero-order valence-corrected chi connectivity index (χ0v) is 6.57. The van der Waals surface area contributed by atoms with Crippen molar-refractivity contribution in [2.45, 2.75) is 6.42 Å². The van der Waals surface area contributed by atoms with Crippen molar-refractivity contribution in [2.24, 2.45) is 4.99 Å². The predicted molar refractivity (Wildman–Crippen MR) is 49.1 cm³/mol. The van der Waals surface area contributed by atoms with E-state index in [4.69, 9.17) is 0 Å². The predicted octanol–water partition coefficient (Wildman–Crippen LogP) is 2.28. The maximum atomic E-state index is 9.25. The van der Waals surface area contributed by atoms with Crippen LogP contribution in [0.4, 0.5) is 0 Å². The molecule has 0 aromatic carbocycles. The highest BCUT2D eigenvalue weighted by atomic mass is 16.3. The number of hydrogen-bond donors (Lipinski definition) is 1. The molecule has 1 aliphatic carbocycles. The first-order valence-corrected chi connectivity index (χ1v) is 3.85. The van der Waals surface area contributed by atoms with Crippen molar-refractivity contribution >= 4 is 6.21 Å². The minimum atomic E-state index is 0.411. The molecule has 0 amide bonds. The fourth-order valence-electron chi connectivity index (χ4n) is 1.27.